The number of ketones is 1. The first kappa shape index (κ1) is 13.0. The maximum atomic E-state index is 12.7. The summed E-state index contributed by atoms with van der Waals surface area (Å²) < 4.78 is 0. The summed E-state index contributed by atoms with van der Waals surface area (Å²) in [7, 11) is 0. The van der Waals surface area contributed by atoms with E-state index in [1.165, 1.54) is 5.01 Å². The molecule has 2 aromatic carbocycles. The van der Waals surface area contributed by atoms with Crippen LogP contribution in [0.1, 0.15) is 18.1 Å². The van der Waals surface area contributed by atoms with Crippen LogP contribution in [0.4, 0.5) is 5.69 Å². The van der Waals surface area contributed by atoms with Gasteiger partial charge in [-0.3, -0.25) is 14.6 Å². The molecule has 0 spiro atoms. The number of Topliss-reactive ketones (excluding diaryl/α,β-unsaturated/α-hetero) is 1. The Morgan fingerprint density at radius 2 is 1.64 bits per heavy atom. The third-order valence-electron chi connectivity index (χ3n) is 4.93. The predicted molar refractivity (Wildman–Crippen MR) is 81.7 cm³/mol. The number of hydrazine groups is 1. The van der Waals surface area contributed by atoms with Gasteiger partial charge in [0, 0.05) is 5.56 Å². The third-order valence-corrected chi connectivity index (χ3v) is 4.93. The van der Waals surface area contributed by atoms with Crippen LogP contribution in [-0.2, 0) is 20.7 Å². The van der Waals surface area contributed by atoms with Crippen LogP contribution in [0.2, 0.25) is 0 Å². The summed E-state index contributed by atoms with van der Waals surface area (Å²) in [5, 5.41) is 4.36. The average molecular weight is 293 g/mol. The maximum Gasteiger partial charge on any atom is 0.290 e. The van der Waals surface area contributed by atoms with Crippen LogP contribution < -0.4 is 16.2 Å². The van der Waals surface area contributed by atoms with E-state index in [-0.39, 0.29) is 0 Å². The normalized spacial score (nSPS) is 29.3. The SMILES string of the molecule is CC12C(=O)C(=O)NC1(c1ccccc1)N(N)c1ccccc12. The highest BCUT2D eigenvalue weighted by Gasteiger charge is 2.70. The van der Waals surface area contributed by atoms with Gasteiger partial charge in [0.05, 0.1) is 5.69 Å². The van der Waals surface area contributed by atoms with Crippen LogP contribution in [0.15, 0.2) is 54.6 Å². The molecule has 4 rings (SSSR count). The minimum absolute atomic E-state index is 0.461. The lowest BCUT2D eigenvalue weighted by Crippen LogP contribution is -2.62. The van der Waals surface area contributed by atoms with Crippen LogP contribution in [0.25, 0.3) is 0 Å². The lowest BCUT2D eigenvalue weighted by atomic mass is 9.71. The minimum atomic E-state index is -1.09. The number of anilines is 1. The number of fused-ring (bicyclic) bond motifs is 3. The summed E-state index contributed by atoms with van der Waals surface area (Å²) in [6.45, 7) is 1.78. The molecule has 1 amide bonds. The van der Waals surface area contributed by atoms with Gasteiger partial charge in [-0.05, 0) is 18.6 Å². The Morgan fingerprint density at radius 1 is 1.00 bits per heavy atom. The van der Waals surface area contributed by atoms with E-state index in [1.54, 1.807) is 6.92 Å². The maximum absolute atomic E-state index is 12.7. The number of carbonyl (C=O) groups is 2. The lowest BCUT2D eigenvalue weighted by molar-refractivity contribution is -0.137. The highest BCUT2D eigenvalue weighted by Crippen LogP contribution is 2.56. The molecule has 2 aliphatic rings. The Kier molecular flexibility index (Phi) is 2.34. The van der Waals surface area contributed by atoms with Crippen molar-refractivity contribution >= 4 is 17.4 Å². The molecule has 0 aliphatic carbocycles. The molecule has 0 bridgehead atoms. The highest BCUT2D eigenvalue weighted by molar-refractivity contribution is 6.43. The molecule has 2 aliphatic heterocycles. The first-order valence-electron chi connectivity index (χ1n) is 7.10. The van der Waals surface area contributed by atoms with Crippen LogP contribution >= 0.6 is 0 Å². The van der Waals surface area contributed by atoms with Crippen LogP contribution in [-0.4, -0.2) is 11.7 Å². The molecule has 2 aromatic rings. The van der Waals surface area contributed by atoms with E-state index >= 15 is 0 Å². The lowest BCUT2D eigenvalue weighted by Gasteiger charge is -2.41. The molecule has 5 nitrogen and oxygen atoms in total. The van der Waals surface area contributed by atoms with Gasteiger partial charge >= 0.3 is 0 Å². The van der Waals surface area contributed by atoms with E-state index in [0.717, 1.165) is 16.8 Å². The molecule has 2 atom stereocenters. The smallest absolute Gasteiger partial charge is 0.290 e. The zero-order valence-electron chi connectivity index (χ0n) is 12.0. The van der Waals surface area contributed by atoms with Gasteiger partial charge in [-0.1, -0.05) is 48.5 Å². The van der Waals surface area contributed by atoms with Crippen molar-refractivity contribution in [3.63, 3.8) is 0 Å². The average Bonchev–Trinajstić information content (AvgIpc) is 2.89. The summed E-state index contributed by atoms with van der Waals surface area (Å²) in [5.41, 5.74) is 0.158. The Bertz CT molecular complexity index is 805. The molecule has 22 heavy (non-hydrogen) atoms. The van der Waals surface area contributed by atoms with E-state index in [2.05, 4.69) is 5.32 Å². The van der Waals surface area contributed by atoms with Gasteiger partial charge < -0.3 is 5.32 Å². The van der Waals surface area contributed by atoms with E-state index in [4.69, 9.17) is 5.84 Å². The highest BCUT2D eigenvalue weighted by atomic mass is 16.2. The molecule has 0 radical (unpaired) electrons. The Balaban J connectivity index is 2.09. The largest absolute Gasteiger partial charge is 0.320 e. The van der Waals surface area contributed by atoms with Crippen molar-refractivity contribution in [2.75, 3.05) is 5.01 Å². The van der Waals surface area contributed by atoms with E-state index in [9.17, 15) is 9.59 Å². The van der Waals surface area contributed by atoms with Crippen molar-refractivity contribution in [1.29, 1.82) is 0 Å². The molecule has 5 heteroatoms. The molecular formula is C17H15N3O2. The summed E-state index contributed by atoms with van der Waals surface area (Å²) in [5.74, 6) is 5.31. The zero-order valence-corrected chi connectivity index (χ0v) is 12.0. The first-order valence-corrected chi connectivity index (χ1v) is 7.10. The Labute approximate surface area is 127 Å². The number of nitrogens with one attached hydrogen (secondary N) is 1. The number of nitrogens with two attached hydrogens (primary N) is 1. The summed E-state index contributed by atoms with van der Waals surface area (Å²) >= 11 is 0. The minimum Gasteiger partial charge on any atom is -0.320 e. The second-order valence-corrected chi connectivity index (χ2v) is 5.87. The second-order valence-electron chi connectivity index (χ2n) is 5.87. The van der Waals surface area contributed by atoms with Crippen LogP contribution in [0.5, 0.6) is 0 Å². The van der Waals surface area contributed by atoms with Gasteiger partial charge in [0.2, 0.25) is 5.78 Å². The number of carbonyl (C=O) groups excluding carboxylic acids is 2. The summed E-state index contributed by atoms with van der Waals surface area (Å²) in [4.78, 5) is 24.9. The molecule has 0 saturated carbocycles. The van der Waals surface area contributed by atoms with Gasteiger partial charge in [0.15, 0.2) is 5.66 Å². The fraction of sp³-hybridized carbons (Fsp3) is 0.176. The molecule has 110 valence electrons. The van der Waals surface area contributed by atoms with Crippen LogP contribution in [0, 0.1) is 0 Å². The standard InChI is InChI=1S/C17H15N3O2/c1-16-12-9-5-6-10-13(12)20(18)17(16,19-15(22)14(16)21)11-7-3-2-4-8-11/h2-10H,18H2,1H3,(H,19,22). The number of benzene rings is 2. The fourth-order valence-corrected chi connectivity index (χ4v) is 3.82. The molecule has 2 unspecified atom stereocenters. The Hall–Kier alpha value is -2.66. The molecular weight excluding hydrogens is 278 g/mol. The fourth-order valence-electron chi connectivity index (χ4n) is 3.82. The molecule has 2 heterocycles. The molecule has 1 fully saturated rings. The van der Waals surface area contributed by atoms with E-state index < -0.39 is 22.8 Å². The number of nitrogens with zero attached hydrogens (tertiary/aromatic N) is 1. The van der Waals surface area contributed by atoms with E-state index in [1.807, 2.05) is 54.6 Å². The number of amides is 1. The zero-order chi connectivity index (χ0) is 15.5. The van der Waals surface area contributed by atoms with Gasteiger partial charge in [0.25, 0.3) is 5.91 Å². The van der Waals surface area contributed by atoms with Gasteiger partial charge in [-0.15, -0.1) is 0 Å². The van der Waals surface area contributed by atoms with Gasteiger partial charge in [-0.2, -0.15) is 0 Å². The first-order chi connectivity index (χ1) is 10.5. The predicted octanol–water partition coefficient (Wildman–Crippen LogP) is 1.19. The van der Waals surface area contributed by atoms with Crippen molar-refractivity contribution in [3.05, 3.63) is 65.7 Å². The quantitative estimate of drug-likeness (QED) is 0.612. The Morgan fingerprint density at radius 3 is 2.36 bits per heavy atom. The van der Waals surface area contributed by atoms with E-state index in [0.29, 0.717) is 0 Å². The van der Waals surface area contributed by atoms with Gasteiger partial charge in [-0.25, -0.2) is 5.84 Å². The van der Waals surface area contributed by atoms with Crippen molar-refractivity contribution in [2.45, 2.75) is 18.0 Å². The topological polar surface area (TPSA) is 75.4 Å². The van der Waals surface area contributed by atoms with Crippen molar-refractivity contribution in [2.24, 2.45) is 5.84 Å². The summed E-state index contributed by atoms with van der Waals surface area (Å²) in [6, 6.07) is 16.8. The van der Waals surface area contributed by atoms with Gasteiger partial charge in [0.1, 0.15) is 5.41 Å². The van der Waals surface area contributed by atoms with Crippen molar-refractivity contribution < 1.29 is 9.59 Å². The monoisotopic (exact) mass is 293 g/mol. The van der Waals surface area contributed by atoms with Crippen LogP contribution in [0.3, 0.4) is 0 Å². The van der Waals surface area contributed by atoms with Crippen molar-refractivity contribution in [3.8, 4) is 0 Å². The number of para-hydroxylation sites is 1. The number of hydrogen-bond acceptors (Lipinski definition) is 4. The molecule has 3 N–H and O–H groups in total. The third kappa shape index (κ3) is 1.19. The molecule has 0 aromatic heterocycles. The molecule has 1 saturated heterocycles. The number of hydrogen-bond donors (Lipinski definition) is 2. The number of rotatable bonds is 1. The summed E-state index contributed by atoms with van der Waals surface area (Å²) in [6.07, 6.45) is 0. The van der Waals surface area contributed by atoms with Crippen molar-refractivity contribution in [1.82, 2.24) is 5.32 Å². The second kappa shape index (κ2) is 3.96.